The zero-order valence-electron chi connectivity index (χ0n) is 30.4. The summed E-state index contributed by atoms with van der Waals surface area (Å²) in [6, 6.07) is 0. The Labute approximate surface area is 301 Å². The fraction of sp³-hybridized carbons (Fsp3) is 0.853. The summed E-state index contributed by atoms with van der Waals surface area (Å²) < 4.78 is 22.4. The normalized spacial score (nSPS) is 23.4. The number of carbonyl (C=O) groups excluding carboxylic acids is 5. The summed E-state index contributed by atoms with van der Waals surface area (Å²) in [6.07, 6.45) is 4.66. The van der Waals surface area contributed by atoms with Crippen molar-refractivity contribution in [3.05, 3.63) is 0 Å². The Kier molecular flexibility index (Phi) is 22.5. The molecule has 8 N–H and O–H groups in total. The molecule has 2 heterocycles. The van der Waals surface area contributed by atoms with Gasteiger partial charge < -0.3 is 56.2 Å². The third-order valence-corrected chi connectivity index (χ3v) is 8.44. The SMILES string of the molecule is C[C@H]1CC[C@H](O)[C@H](OCCNC(=O)CN(CC(=O)NCCCCCC(=O)NCCCCCC(N)=O)CC(=O)NCCO[C@@H]2O[C@@H](C)CC[C@@H]2O)O1. The van der Waals surface area contributed by atoms with E-state index >= 15 is 0 Å². The molecule has 2 fully saturated rings. The van der Waals surface area contributed by atoms with E-state index in [1.165, 1.54) is 4.90 Å². The number of unbranched alkanes of at least 4 members (excludes halogenated alkanes) is 4. The van der Waals surface area contributed by atoms with Crippen molar-refractivity contribution in [3.8, 4) is 0 Å². The van der Waals surface area contributed by atoms with Crippen molar-refractivity contribution in [1.29, 1.82) is 0 Å². The van der Waals surface area contributed by atoms with Crippen LogP contribution in [0.5, 0.6) is 0 Å². The average molecular weight is 731 g/mol. The van der Waals surface area contributed by atoms with Crippen LogP contribution in [0, 0.1) is 0 Å². The zero-order chi connectivity index (χ0) is 37.4. The molecule has 2 rings (SSSR count). The predicted octanol–water partition coefficient (Wildman–Crippen LogP) is -0.836. The Hall–Kier alpha value is -2.93. The first-order valence-corrected chi connectivity index (χ1v) is 18.4. The van der Waals surface area contributed by atoms with Crippen molar-refractivity contribution in [2.24, 2.45) is 5.73 Å². The van der Waals surface area contributed by atoms with Crippen LogP contribution in [0.2, 0.25) is 0 Å². The van der Waals surface area contributed by atoms with Crippen molar-refractivity contribution in [2.45, 2.75) is 128 Å². The summed E-state index contributed by atoms with van der Waals surface area (Å²) in [5, 5.41) is 31.2. The zero-order valence-corrected chi connectivity index (χ0v) is 30.4. The quantitative estimate of drug-likeness (QED) is 0.0540. The lowest BCUT2D eigenvalue weighted by molar-refractivity contribution is -0.235. The molecule has 2 saturated heterocycles. The van der Waals surface area contributed by atoms with Gasteiger partial charge in [-0.2, -0.15) is 0 Å². The number of ether oxygens (including phenoxy) is 4. The van der Waals surface area contributed by atoms with E-state index in [4.69, 9.17) is 24.7 Å². The third-order valence-electron chi connectivity index (χ3n) is 8.44. The minimum Gasteiger partial charge on any atom is -0.388 e. The van der Waals surface area contributed by atoms with Crippen LogP contribution in [0.15, 0.2) is 0 Å². The number of amides is 5. The Morgan fingerprint density at radius 1 is 0.608 bits per heavy atom. The maximum atomic E-state index is 12.8. The lowest BCUT2D eigenvalue weighted by Gasteiger charge is -2.32. The molecule has 294 valence electrons. The number of aliphatic hydroxyl groups is 2. The van der Waals surface area contributed by atoms with Gasteiger partial charge in [-0.3, -0.25) is 28.9 Å². The van der Waals surface area contributed by atoms with Crippen LogP contribution in [0.3, 0.4) is 0 Å². The van der Waals surface area contributed by atoms with Gasteiger partial charge in [0.2, 0.25) is 29.5 Å². The molecule has 2 aliphatic rings. The average Bonchev–Trinajstić information content (AvgIpc) is 3.07. The molecule has 5 amide bonds. The molecule has 0 aromatic rings. The second kappa shape index (κ2) is 25.9. The van der Waals surface area contributed by atoms with Crippen LogP contribution in [0.4, 0.5) is 0 Å². The van der Waals surface area contributed by atoms with Crippen molar-refractivity contribution in [1.82, 2.24) is 26.2 Å². The predicted molar refractivity (Wildman–Crippen MR) is 186 cm³/mol. The minimum absolute atomic E-state index is 0.0316. The van der Waals surface area contributed by atoms with Gasteiger partial charge in [-0.05, 0) is 65.2 Å². The Morgan fingerprint density at radius 3 is 1.47 bits per heavy atom. The van der Waals surface area contributed by atoms with Crippen molar-refractivity contribution < 1.29 is 53.1 Å². The van der Waals surface area contributed by atoms with Gasteiger partial charge in [0.15, 0.2) is 12.6 Å². The summed E-state index contributed by atoms with van der Waals surface area (Å²) in [6.45, 7) is 4.59. The molecule has 0 saturated carbocycles. The molecule has 0 aliphatic carbocycles. The van der Waals surface area contributed by atoms with Crippen LogP contribution < -0.4 is 27.0 Å². The van der Waals surface area contributed by atoms with Gasteiger partial charge in [-0.15, -0.1) is 0 Å². The van der Waals surface area contributed by atoms with E-state index in [0.29, 0.717) is 58.0 Å². The molecule has 0 radical (unpaired) electrons. The fourth-order valence-corrected chi connectivity index (χ4v) is 5.57. The summed E-state index contributed by atoms with van der Waals surface area (Å²) in [5.74, 6) is -1.54. The van der Waals surface area contributed by atoms with Crippen LogP contribution >= 0.6 is 0 Å². The summed E-state index contributed by atoms with van der Waals surface area (Å²) in [7, 11) is 0. The Bertz CT molecular complexity index is 1010. The Morgan fingerprint density at radius 2 is 1.02 bits per heavy atom. The molecule has 6 atom stereocenters. The van der Waals surface area contributed by atoms with E-state index in [0.717, 1.165) is 32.1 Å². The van der Waals surface area contributed by atoms with Crippen LogP contribution in [-0.2, 0) is 42.9 Å². The van der Waals surface area contributed by atoms with Gasteiger partial charge in [-0.1, -0.05) is 12.8 Å². The molecule has 0 spiro atoms. The highest BCUT2D eigenvalue weighted by atomic mass is 16.7. The number of nitrogens with one attached hydrogen (secondary N) is 4. The van der Waals surface area contributed by atoms with Crippen molar-refractivity contribution in [3.63, 3.8) is 0 Å². The van der Waals surface area contributed by atoms with E-state index in [-0.39, 0.29) is 75.9 Å². The van der Waals surface area contributed by atoms with E-state index in [1.54, 1.807) is 0 Å². The highest BCUT2D eigenvalue weighted by molar-refractivity contribution is 5.84. The maximum absolute atomic E-state index is 12.8. The molecular weight excluding hydrogens is 668 g/mol. The maximum Gasteiger partial charge on any atom is 0.234 e. The van der Waals surface area contributed by atoms with Gasteiger partial charge in [0.05, 0.1) is 45.1 Å². The molecule has 0 aromatic heterocycles. The van der Waals surface area contributed by atoms with Crippen LogP contribution in [0.25, 0.3) is 0 Å². The first-order valence-electron chi connectivity index (χ1n) is 18.4. The lowest BCUT2D eigenvalue weighted by atomic mass is 10.1. The molecular formula is C34H62N6O11. The summed E-state index contributed by atoms with van der Waals surface area (Å²) in [4.78, 5) is 62.4. The molecule has 0 unspecified atom stereocenters. The summed E-state index contributed by atoms with van der Waals surface area (Å²) >= 11 is 0. The Balaban J connectivity index is 1.71. The summed E-state index contributed by atoms with van der Waals surface area (Å²) in [5.41, 5.74) is 5.12. The van der Waals surface area contributed by atoms with Crippen molar-refractivity contribution >= 4 is 29.5 Å². The standard InChI is InChI=1S/C34H62N6O11/c1-24-11-13-26(41)33(50-24)48-19-17-38-31(46)22-40(23-32(47)39-18-20-49-34-27(42)14-12-25(2)51-34)21-30(45)37-16-8-4-6-10-29(44)36-15-7-3-5-9-28(35)43/h24-27,33-34,41-42H,3-23H2,1-2H3,(H2,35,43)(H,36,44)(H,37,45)(H,38,46)(H,39,47)/t24-,25-,26-,27-,33+,34+/m0/s1. The topological polar surface area (TPSA) is 240 Å². The monoisotopic (exact) mass is 730 g/mol. The number of nitrogens with two attached hydrogens (primary N) is 1. The number of carbonyl (C=O) groups is 5. The van der Waals surface area contributed by atoms with Crippen molar-refractivity contribution in [2.75, 3.05) is 59.0 Å². The second-order valence-electron chi connectivity index (χ2n) is 13.3. The van der Waals surface area contributed by atoms with E-state index in [2.05, 4.69) is 21.3 Å². The van der Waals surface area contributed by atoms with E-state index < -0.39 is 36.6 Å². The van der Waals surface area contributed by atoms with Gasteiger partial charge in [0.1, 0.15) is 12.2 Å². The highest BCUT2D eigenvalue weighted by Crippen LogP contribution is 2.20. The smallest absolute Gasteiger partial charge is 0.234 e. The number of hydrogen-bond donors (Lipinski definition) is 7. The first kappa shape index (κ1) is 44.2. The van der Waals surface area contributed by atoms with Crippen LogP contribution in [0.1, 0.15) is 90.9 Å². The van der Waals surface area contributed by atoms with Gasteiger partial charge in [0, 0.05) is 39.0 Å². The molecule has 17 heteroatoms. The number of hydrogen-bond acceptors (Lipinski definition) is 12. The molecule has 2 aliphatic heterocycles. The fourth-order valence-electron chi connectivity index (χ4n) is 5.57. The highest BCUT2D eigenvalue weighted by Gasteiger charge is 2.29. The number of rotatable bonds is 26. The number of nitrogens with zero attached hydrogens (tertiary/aromatic N) is 1. The van der Waals surface area contributed by atoms with Gasteiger partial charge in [-0.25, -0.2) is 0 Å². The third kappa shape index (κ3) is 21.3. The number of aliphatic hydroxyl groups excluding tert-OH is 2. The molecule has 0 bridgehead atoms. The van der Waals surface area contributed by atoms with E-state index in [9.17, 15) is 34.2 Å². The molecule has 17 nitrogen and oxygen atoms in total. The van der Waals surface area contributed by atoms with Crippen LogP contribution in [-0.4, -0.2) is 141 Å². The minimum atomic E-state index is -0.761. The number of primary amides is 1. The van der Waals surface area contributed by atoms with Gasteiger partial charge >= 0.3 is 0 Å². The molecule has 0 aromatic carbocycles. The largest absolute Gasteiger partial charge is 0.388 e. The van der Waals surface area contributed by atoms with Gasteiger partial charge in [0.25, 0.3) is 0 Å². The van der Waals surface area contributed by atoms with E-state index in [1.807, 2.05) is 13.8 Å². The molecule has 51 heavy (non-hydrogen) atoms. The second-order valence-corrected chi connectivity index (χ2v) is 13.3. The lowest BCUT2D eigenvalue weighted by Crippen LogP contribution is -2.48. The first-order chi connectivity index (χ1) is 24.4.